The first-order valence-corrected chi connectivity index (χ1v) is 12.1. The van der Waals surface area contributed by atoms with Gasteiger partial charge in [-0.15, -0.1) is 11.3 Å². The van der Waals surface area contributed by atoms with Gasteiger partial charge < -0.3 is 19.4 Å². The van der Waals surface area contributed by atoms with Crippen LogP contribution in [-0.2, 0) is 27.9 Å². The molecule has 31 heavy (non-hydrogen) atoms. The topological polar surface area (TPSA) is 36.0 Å². The van der Waals surface area contributed by atoms with Crippen LogP contribution in [0.1, 0.15) is 36.1 Å². The average molecular weight is 442 g/mol. The molecule has 6 heteroatoms. The largest absolute Gasteiger partial charge is 0.369 e. The van der Waals surface area contributed by atoms with Crippen LogP contribution in [0.15, 0.2) is 36.4 Å². The smallest absolute Gasteiger partial charge is 0.252 e. The van der Waals surface area contributed by atoms with Gasteiger partial charge in [0.15, 0.2) is 0 Å². The third kappa shape index (κ3) is 5.30. The van der Waals surface area contributed by atoms with Crippen LogP contribution in [-0.4, -0.2) is 68.2 Å². The molecule has 168 valence electrons. The monoisotopic (exact) mass is 441 g/mol. The number of hydrogen-bond acceptors (Lipinski definition) is 5. The molecule has 0 N–H and O–H groups in total. The van der Waals surface area contributed by atoms with E-state index in [1.54, 1.807) is 0 Å². The molecule has 1 aromatic heterocycles. The van der Waals surface area contributed by atoms with Crippen LogP contribution in [0, 0.1) is 0 Å². The second-order valence-electron chi connectivity index (χ2n) is 9.76. The van der Waals surface area contributed by atoms with Gasteiger partial charge in [0.25, 0.3) is 5.91 Å². The Morgan fingerprint density at radius 1 is 1.03 bits per heavy atom. The number of para-hydroxylation sites is 1. The van der Waals surface area contributed by atoms with Gasteiger partial charge in [-0.3, -0.25) is 4.79 Å². The van der Waals surface area contributed by atoms with E-state index < -0.39 is 6.10 Å². The molecule has 1 amide bonds. The summed E-state index contributed by atoms with van der Waals surface area (Å²) in [4.78, 5) is 22.6. The van der Waals surface area contributed by atoms with Gasteiger partial charge in [-0.25, -0.2) is 0 Å². The van der Waals surface area contributed by atoms with E-state index in [1.807, 2.05) is 16.2 Å². The number of ether oxygens (including phenoxy) is 1. The van der Waals surface area contributed by atoms with Gasteiger partial charge >= 0.3 is 0 Å². The Kier molecular flexibility index (Phi) is 6.70. The van der Waals surface area contributed by atoms with Crippen molar-refractivity contribution in [1.29, 1.82) is 0 Å². The molecule has 0 aliphatic carbocycles. The Labute approximate surface area is 190 Å². The standard InChI is InChI=1S/C25H35N3O2S/c1-25(2,3)23-10-9-20(31-23)18-28-15-16-30-22(24(28)29)17-19-7-5-6-8-21(19)27-13-11-26(4)12-14-27/h5-10,22H,11-18H2,1-4H3. The summed E-state index contributed by atoms with van der Waals surface area (Å²) in [5.41, 5.74) is 2.60. The highest BCUT2D eigenvalue weighted by Crippen LogP contribution is 2.31. The number of rotatable bonds is 5. The van der Waals surface area contributed by atoms with Crippen molar-refractivity contribution < 1.29 is 9.53 Å². The van der Waals surface area contributed by atoms with E-state index in [4.69, 9.17) is 4.74 Å². The van der Waals surface area contributed by atoms with Crippen molar-refractivity contribution in [2.24, 2.45) is 0 Å². The molecule has 2 aromatic rings. The fourth-order valence-electron chi connectivity index (χ4n) is 4.29. The number of likely N-dealkylation sites (N-methyl/N-ethyl adjacent to an activating group) is 1. The molecule has 3 heterocycles. The quantitative estimate of drug-likeness (QED) is 0.708. The van der Waals surface area contributed by atoms with E-state index >= 15 is 0 Å². The number of anilines is 1. The molecular formula is C25H35N3O2S. The van der Waals surface area contributed by atoms with E-state index in [9.17, 15) is 4.79 Å². The van der Waals surface area contributed by atoms with E-state index in [0.29, 0.717) is 26.1 Å². The lowest BCUT2D eigenvalue weighted by Crippen LogP contribution is -2.48. The molecular weight excluding hydrogens is 406 g/mol. The molecule has 2 aliphatic rings. The van der Waals surface area contributed by atoms with Gasteiger partial charge in [0.05, 0.1) is 13.2 Å². The minimum atomic E-state index is -0.399. The Hall–Kier alpha value is -1.89. The van der Waals surface area contributed by atoms with Crippen molar-refractivity contribution in [2.45, 2.75) is 45.3 Å². The molecule has 0 spiro atoms. The second-order valence-corrected chi connectivity index (χ2v) is 10.9. The number of piperazine rings is 1. The first-order valence-electron chi connectivity index (χ1n) is 11.3. The maximum Gasteiger partial charge on any atom is 0.252 e. The number of amides is 1. The first-order chi connectivity index (χ1) is 14.8. The molecule has 0 bridgehead atoms. The van der Waals surface area contributed by atoms with Crippen LogP contribution in [0.5, 0.6) is 0 Å². The summed E-state index contributed by atoms with van der Waals surface area (Å²) in [5, 5.41) is 0. The summed E-state index contributed by atoms with van der Waals surface area (Å²) in [5.74, 6) is 0.116. The van der Waals surface area contributed by atoms with Crippen LogP contribution in [0.4, 0.5) is 5.69 Å². The van der Waals surface area contributed by atoms with Crippen molar-refractivity contribution in [3.05, 3.63) is 51.7 Å². The van der Waals surface area contributed by atoms with Gasteiger partial charge in [-0.2, -0.15) is 0 Å². The summed E-state index contributed by atoms with van der Waals surface area (Å²) in [6, 6.07) is 12.9. The Morgan fingerprint density at radius 2 is 1.77 bits per heavy atom. The maximum atomic E-state index is 13.3. The lowest BCUT2D eigenvalue weighted by Gasteiger charge is -2.36. The molecule has 1 atom stereocenters. The fourth-order valence-corrected chi connectivity index (χ4v) is 5.37. The highest BCUT2D eigenvalue weighted by atomic mass is 32.1. The Bertz CT molecular complexity index is 896. The van der Waals surface area contributed by atoms with Gasteiger partial charge in [0, 0.05) is 54.6 Å². The summed E-state index contributed by atoms with van der Waals surface area (Å²) >= 11 is 1.82. The van der Waals surface area contributed by atoms with Crippen molar-refractivity contribution in [3.63, 3.8) is 0 Å². The highest BCUT2D eigenvalue weighted by molar-refractivity contribution is 7.12. The zero-order chi connectivity index (χ0) is 22.0. The average Bonchev–Trinajstić information content (AvgIpc) is 3.21. The zero-order valence-corrected chi connectivity index (χ0v) is 20.1. The molecule has 5 nitrogen and oxygen atoms in total. The van der Waals surface area contributed by atoms with Crippen LogP contribution in [0.2, 0.25) is 0 Å². The van der Waals surface area contributed by atoms with Gasteiger partial charge in [-0.1, -0.05) is 39.0 Å². The van der Waals surface area contributed by atoms with E-state index in [0.717, 1.165) is 26.2 Å². The minimum Gasteiger partial charge on any atom is -0.369 e. The predicted molar refractivity (Wildman–Crippen MR) is 128 cm³/mol. The Balaban J connectivity index is 1.44. The number of benzene rings is 1. The number of morpholine rings is 1. The third-order valence-electron chi connectivity index (χ3n) is 6.26. The highest BCUT2D eigenvalue weighted by Gasteiger charge is 2.31. The van der Waals surface area contributed by atoms with Crippen molar-refractivity contribution in [1.82, 2.24) is 9.80 Å². The SMILES string of the molecule is CN1CCN(c2ccccc2CC2OCCN(Cc3ccc(C(C)(C)C)s3)C2=O)CC1. The summed E-state index contributed by atoms with van der Waals surface area (Å²) < 4.78 is 5.97. The number of hydrogen-bond donors (Lipinski definition) is 0. The molecule has 1 aromatic carbocycles. The molecule has 2 fully saturated rings. The first kappa shape index (κ1) is 22.3. The van der Waals surface area contributed by atoms with Crippen molar-refractivity contribution >= 4 is 22.9 Å². The maximum absolute atomic E-state index is 13.3. The van der Waals surface area contributed by atoms with Crippen molar-refractivity contribution in [2.75, 3.05) is 51.3 Å². The molecule has 2 aliphatic heterocycles. The summed E-state index contributed by atoms with van der Waals surface area (Å²) in [6.07, 6.45) is 0.236. The van der Waals surface area contributed by atoms with Crippen LogP contribution in [0.3, 0.4) is 0 Å². The van der Waals surface area contributed by atoms with Crippen LogP contribution < -0.4 is 4.90 Å². The predicted octanol–water partition coefficient (Wildman–Crippen LogP) is 3.77. The second kappa shape index (κ2) is 9.31. The van der Waals surface area contributed by atoms with Crippen LogP contribution in [0.25, 0.3) is 0 Å². The molecule has 2 saturated heterocycles. The molecule has 0 saturated carbocycles. The number of nitrogens with zero attached hydrogens (tertiary/aromatic N) is 3. The lowest BCUT2D eigenvalue weighted by atomic mass is 9.95. The summed E-state index contributed by atoms with van der Waals surface area (Å²) in [7, 11) is 2.17. The molecule has 1 unspecified atom stereocenters. The third-order valence-corrected chi connectivity index (χ3v) is 7.75. The minimum absolute atomic E-state index is 0.116. The van der Waals surface area contributed by atoms with Gasteiger partial charge in [0.1, 0.15) is 6.10 Å². The number of carbonyl (C=O) groups excluding carboxylic acids is 1. The number of carbonyl (C=O) groups is 1. The fraction of sp³-hybridized carbons (Fsp3) is 0.560. The summed E-state index contributed by atoms with van der Waals surface area (Å²) in [6.45, 7) is 12.8. The normalized spacial score (nSPS) is 21.0. The lowest BCUT2D eigenvalue weighted by molar-refractivity contribution is -0.153. The molecule has 4 rings (SSSR count). The van der Waals surface area contributed by atoms with Gasteiger partial charge in [0.2, 0.25) is 0 Å². The van der Waals surface area contributed by atoms with E-state index in [1.165, 1.54) is 21.0 Å². The Morgan fingerprint density at radius 3 is 2.48 bits per heavy atom. The number of thiophene rings is 1. The van der Waals surface area contributed by atoms with Gasteiger partial charge in [-0.05, 0) is 36.2 Å². The van der Waals surface area contributed by atoms with Crippen LogP contribution >= 0.6 is 11.3 Å². The van der Waals surface area contributed by atoms with Crippen molar-refractivity contribution in [3.8, 4) is 0 Å². The molecule has 0 radical (unpaired) electrons. The zero-order valence-electron chi connectivity index (χ0n) is 19.3. The van der Waals surface area contributed by atoms with E-state index in [-0.39, 0.29) is 11.3 Å². The van der Waals surface area contributed by atoms with E-state index in [2.05, 4.69) is 74.0 Å².